The molecule has 0 aliphatic carbocycles. The Labute approximate surface area is 128 Å². The summed E-state index contributed by atoms with van der Waals surface area (Å²) >= 11 is 5.77. The van der Waals surface area contributed by atoms with E-state index in [1.54, 1.807) is 6.07 Å². The Kier molecular flexibility index (Phi) is 5.41. The second-order valence-corrected chi connectivity index (χ2v) is 5.34. The molecule has 0 aromatic heterocycles. The third kappa shape index (κ3) is 4.61. The number of aromatic carboxylic acids is 1. The van der Waals surface area contributed by atoms with E-state index in [2.05, 4.69) is 15.5 Å². The summed E-state index contributed by atoms with van der Waals surface area (Å²) in [5.41, 5.74) is 0.363. The Morgan fingerprint density at radius 2 is 2.00 bits per heavy atom. The summed E-state index contributed by atoms with van der Waals surface area (Å²) in [7, 11) is 0. The molecule has 1 aliphatic rings. The molecule has 1 aliphatic heterocycles. The molecule has 6 nitrogen and oxygen atoms in total. The third-order valence-corrected chi connectivity index (χ3v) is 3.70. The Morgan fingerprint density at radius 1 is 1.29 bits per heavy atom. The molecule has 7 heteroatoms. The molecular weight excluding hydrogens is 294 g/mol. The van der Waals surface area contributed by atoms with E-state index in [4.69, 9.17) is 16.7 Å². The smallest absolute Gasteiger partial charge is 0.337 e. The number of carboxylic acids is 1. The summed E-state index contributed by atoms with van der Waals surface area (Å²) in [6, 6.07) is 4.00. The lowest BCUT2D eigenvalue weighted by atomic mass is 10.2. The van der Waals surface area contributed by atoms with Crippen LogP contribution in [0.3, 0.4) is 0 Å². The van der Waals surface area contributed by atoms with Crippen LogP contribution in [0.4, 0.5) is 10.5 Å². The topological polar surface area (TPSA) is 81.7 Å². The van der Waals surface area contributed by atoms with E-state index in [1.807, 2.05) is 0 Å². The molecule has 0 spiro atoms. The first-order valence-corrected chi connectivity index (χ1v) is 7.24. The molecule has 21 heavy (non-hydrogen) atoms. The Balaban J connectivity index is 1.81. The van der Waals surface area contributed by atoms with E-state index in [9.17, 15) is 9.59 Å². The van der Waals surface area contributed by atoms with Crippen LogP contribution in [0.25, 0.3) is 0 Å². The number of benzene rings is 1. The van der Waals surface area contributed by atoms with E-state index in [0.717, 1.165) is 19.6 Å². The summed E-state index contributed by atoms with van der Waals surface area (Å²) in [6.07, 6.45) is 2.43. The maximum Gasteiger partial charge on any atom is 0.337 e. The van der Waals surface area contributed by atoms with Crippen molar-refractivity contribution < 1.29 is 14.7 Å². The van der Waals surface area contributed by atoms with Gasteiger partial charge in [0.05, 0.1) is 10.6 Å². The number of hydrogen-bond acceptors (Lipinski definition) is 3. The van der Waals surface area contributed by atoms with Gasteiger partial charge in [0.1, 0.15) is 0 Å². The minimum atomic E-state index is -1.13. The first-order valence-electron chi connectivity index (χ1n) is 6.86. The van der Waals surface area contributed by atoms with Crippen LogP contribution < -0.4 is 10.6 Å². The van der Waals surface area contributed by atoms with Crippen molar-refractivity contribution in [3.8, 4) is 0 Å². The van der Waals surface area contributed by atoms with Gasteiger partial charge in [0.25, 0.3) is 0 Å². The molecule has 1 aromatic rings. The lowest BCUT2D eigenvalue weighted by Crippen LogP contribution is -2.35. The average Bonchev–Trinajstić information content (AvgIpc) is 2.94. The number of halogens is 1. The normalized spacial score (nSPS) is 14.9. The highest BCUT2D eigenvalue weighted by molar-refractivity contribution is 6.33. The number of nitrogens with zero attached hydrogens (tertiary/aromatic N) is 1. The minimum absolute atomic E-state index is 0.0356. The van der Waals surface area contributed by atoms with Crippen LogP contribution in [0.2, 0.25) is 5.02 Å². The van der Waals surface area contributed by atoms with Gasteiger partial charge in [0.2, 0.25) is 0 Å². The second kappa shape index (κ2) is 7.28. The zero-order valence-corrected chi connectivity index (χ0v) is 12.3. The van der Waals surface area contributed by atoms with Gasteiger partial charge in [-0.2, -0.15) is 0 Å². The van der Waals surface area contributed by atoms with Crippen LogP contribution in [-0.4, -0.2) is 48.2 Å². The number of nitrogens with one attached hydrogen (secondary N) is 2. The Bertz CT molecular complexity index is 530. The Morgan fingerprint density at radius 3 is 2.67 bits per heavy atom. The fourth-order valence-corrected chi connectivity index (χ4v) is 2.47. The summed E-state index contributed by atoms with van der Waals surface area (Å²) in [6.45, 7) is 3.56. The van der Waals surface area contributed by atoms with Gasteiger partial charge < -0.3 is 20.6 Å². The fourth-order valence-electron chi connectivity index (χ4n) is 2.28. The van der Waals surface area contributed by atoms with Crippen LogP contribution in [-0.2, 0) is 0 Å². The SMILES string of the molecule is O=C(NCCN1CCCC1)Nc1ccc(Cl)c(C(=O)O)c1. The van der Waals surface area contributed by atoms with E-state index in [-0.39, 0.29) is 16.6 Å². The van der Waals surface area contributed by atoms with Crippen molar-refractivity contribution in [3.05, 3.63) is 28.8 Å². The summed E-state index contributed by atoms with van der Waals surface area (Å²) in [5.74, 6) is -1.13. The summed E-state index contributed by atoms with van der Waals surface area (Å²) < 4.78 is 0. The van der Waals surface area contributed by atoms with Crippen molar-refractivity contribution >= 4 is 29.3 Å². The van der Waals surface area contributed by atoms with Gasteiger partial charge in [-0.15, -0.1) is 0 Å². The zero-order valence-electron chi connectivity index (χ0n) is 11.6. The first kappa shape index (κ1) is 15.6. The largest absolute Gasteiger partial charge is 0.478 e. The molecule has 0 radical (unpaired) electrons. The first-order chi connectivity index (χ1) is 10.1. The van der Waals surface area contributed by atoms with Gasteiger partial charge >= 0.3 is 12.0 Å². The van der Waals surface area contributed by atoms with Crippen molar-refractivity contribution in [2.75, 3.05) is 31.5 Å². The maximum absolute atomic E-state index is 11.7. The molecule has 2 amide bonds. The van der Waals surface area contributed by atoms with Crippen molar-refractivity contribution in [1.29, 1.82) is 0 Å². The monoisotopic (exact) mass is 311 g/mol. The number of carbonyl (C=O) groups is 2. The van der Waals surface area contributed by atoms with Gasteiger partial charge in [0.15, 0.2) is 0 Å². The highest BCUT2D eigenvalue weighted by Gasteiger charge is 2.12. The molecule has 0 bridgehead atoms. The summed E-state index contributed by atoms with van der Waals surface area (Å²) in [5, 5.41) is 14.5. The molecule has 1 heterocycles. The number of hydrogen-bond donors (Lipinski definition) is 3. The molecule has 0 unspecified atom stereocenters. The quantitative estimate of drug-likeness (QED) is 0.779. The molecule has 3 N–H and O–H groups in total. The molecule has 1 saturated heterocycles. The van der Waals surface area contributed by atoms with Crippen LogP contribution in [0.15, 0.2) is 18.2 Å². The number of amides is 2. The van der Waals surface area contributed by atoms with Crippen molar-refractivity contribution in [1.82, 2.24) is 10.2 Å². The molecule has 114 valence electrons. The number of carbonyl (C=O) groups excluding carboxylic acids is 1. The van der Waals surface area contributed by atoms with Gasteiger partial charge in [-0.1, -0.05) is 11.6 Å². The predicted octanol–water partition coefficient (Wildman–Crippen LogP) is 2.26. The standard InChI is InChI=1S/C14H18ClN3O3/c15-12-4-3-10(9-11(12)13(19)20)17-14(21)16-5-8-18-6-1-2-7-18/h3-4,9H,1-2,5-8H2,(H,19,20)(H2,16,17,21). The lowest BCUT2D eigenvalue weighted by Gasteiger charge is -2.15. The number of likely N-dealkylation sites (tertiary alicyclic amines) is 1. The van der Waals surface area contributed by atoms with E-state index in [1.165, 1.54) is 25.0 Å². The lowest BCUT2D eigenvalue weighted by molar-refractivity contribution is 0.0697. The number of carboxylic acid groups (broad SMARTS) is 1. The highest BCUT2D eigenvalue weighted by Crippen LogP contribution is 2.20. The molecular formula is C14H18ClN3O3. The van der Waals surface area contributed by atoms with Crippen LogP contribution in [0, 0.1) is 0 Å². The summed E-state index contributed by atoms with van der Waals surface area (Å²) in [4.78, 5) is 25.0. The van der Waals surface area contributed by atoms with Crippen LogP contribution in [0.1, 0.15) is 23.2 Å². The van der Waals surface area contributed by atoms with Crippen molar-refractivity contribution in [2.24, 2.45) is 0 Å². The zero-order chi connectivity index (χ0) is 15.2. The molecule has 2 rings (SSSR count). The van der Waals surface area contributed by atoms with Crippen LogP contribution in [0.5, 0.6) is 0 Å². The molecule has 1 aromatic carbocycles. The number of anilines is 1. The van der Waals surface area contributed by atoms with Crippen LogP contribution >= 0.6 is 11.6 Å². The van der Waals surface area contributed by atoms with E-state index in [0.29, 0.717) is 12.2 Å². The molecule has 0 saturated carbocycles. The average molecular weight is 312 g/mol. The Hall–Kier alpha value is -1.79. The van der Waals surface area contributed by atoms with E-state index >= 15 is 0 Å². The van der Waals surface area contributed by atoms with Gasteiger partial charge in [-0.25, -0.2) is 9.59 Å². The van der Waals surface area contributed by atoms with Gasteiger partial charge in [-0.05, 0) is 44.1 Å². The van der Waals surface area contributed by atoms with Gasteiger partial charge in [-0.3, -0.25) is 0 Å². The fraction of sp³-hybridized carbons (Fsp3) is 0.429. The maximum atomic E-state index is 11.7. The van der Waals surface area contributed by atoms with Gasteiger partial charge in [0, 0.05) is 18.8 Å². The van der Waals surface area contributed by atoms with Crippen molar-refractivity contribution in [3.63, 3.8) is 0 Å². The highest BCUT2D eigenvalue weighted by atomic mass is 35.5. The second-order valence-electron chi connectivity index (χ2n) is 4.93. The number of rotatable bonds is 5. The number of urea groups is 1. The van der Waals surface area contributed by atoms with Crippen molar-refractivity contribution in [2.45, 2.75) is 12.8 Å². The predicted molar refractivity (Wildman–Crippen MR) is 81.1 cm³/mol. The minimum Gasteiger partial charge on any atom is -0.478 e. The molecule has 0 atom stereocenters. The third-order valence-electron chi connectivity index (χ3n) is 3.37. The van der Waals surface area contributed by atoms with E-state index < -0.39 is 5.97 Å². The molecule has 1 fully saturated rings.